The summed E-state index contributed by atoms with van der Waals surface area (Å²) in [6.45, 7) is 5.52. The monoisotopic (exact) mass is 473 g/mol. The number of rotatable bonds is 4. The molecule has 0 spiro atoms. The first kappa shape index (κ1) is 19.9. The number of carbonyl (C=O) groups excluding carboxylic acids is 1. The number of H-pyrrole nitrogens is 1. The second-order valence-corrected chi connectivity index (χ2v) is 9.68. The van der Waals surface area contributed by atoms with Gasteiger partial charge in [0.15, 0.2) is 5.58 Å². The fourth-order valence-electron chi connectivity index (χ4n) is 3.28. The van der Waals surface area contributed by atoms with Crippen LogP contribution in [0, 0.1) is 0 Å². The quantitative estimate of drug-likeness (QED) is 0.366. The Kier molecular flexibility index (Phi) is 5.12. The lowest BCUT2D eigenvalue weighted by Gasteiger charge is -2.19. The SMILES string of the molecule is CC(C)(C)OC(=O)CCc1[nH]c(-c2cccs2)c2c(=O)c3cc(Br)ccc3oc12. The predicted octanol–water partition coefficient (Wildman–Crippen LogP) is 6.04. The van der Waals surface area contributed by atoms with Crippen molar-refractivity contribution in [2.24, 2.45) is 0 Å². The minimum absolute atomic E-state index is 0.0919. The van der Waals surface area contributed by atoms with Gasteiger partial charge in [-0.2, -0.15) is 0 Å². The van der Waals surface area contributed by atoms with Crippen molar-refractivity contribution in [3.63, 3.8) is 0 Å². The number of carbonyl (C=O) groups is 1. The Hall–Kier alpha value is -2.38. The third-order valence-electron chi connectivity index (χ3n) is 4.42. The Morgan fingerprint density at radius 1 is 1.28 bits per heavy atom. The van der Waals surface area contributed by atoms with E-state index in [4.69, 9.17) is 9.15 Å². The Labute approximate surface area is 179 Å². The van der Waals surface area contributed by atoms with E-state index in [-0.39, 0.29) is 17.8 Å². The van der Waals surface area contributed by atoms with Crippen molar-refractivity contribution in [1.82, 2.24) is 4.98 Å². The summed E-state index contributed by atoms with van der Waals surface area (Å²) in [6.07, 6.45) is 0.584. The molecule has 0 aliphatic rings. The van der Waals surface area contributed by atoms with Crippen LogP contribution in [-0.2, 0) is 16.0 Å². The maximum atomic E-state index is 13.3. The molecule has 5 nitrogen and oxygen atoms in total. The molecule has 3 heterocycles. The van der Waals surface area contributed by atoms with E-state index >= 15 is 0 Å². The van der Waals surface area contributed by atoms with Crippen molar-refractivity contribution < 1.29 is 13.9 Å². The number of aromatic amines is 1. The van der Waals surface area contributed by atoms with E-state index in [1.807, 2.05) is 44.4 Å². The van der Waals surface area contributed by atoms with E-state index in [1.54, 1.807) is 23.5 Å². The van der Waals surface area contributed by atoms with Crippen LogP contribution < -0.4 is 5.43 Å². The molecule has 0 atom stereocenters. The summed E-state index contributed by atoms with van der Waals surface area (Å²) in [6, 6.07) is 9.27. The van der Waals surface area contributed by atoms with E-state index in [0.717, 1.165) is 20.7 Å². The maximum Gasteiger partial charge on any atom is 0.306 e. The van der Waals surface area contributed by atoms with E-state index in [1.165, 1.54) is 0 Å². The minimum atomic E-state index is -0.535. The zero-order valence-electron chi connectivity index (χ0n) is 16.3. The van der Waals surface area contributed by atoms with Crippen molar-refractivity contribution >= 4 is 55.2 Å². The highest BCUT2D eigenvalue weighted by Gasteiger charge is 2.22. The second-order valence-electron chi connectivity index (χ2n) is 7.82. The van der Waals surface area contributed by atoms with Crippen molar-refractivity contribution in [3.8, 4) is 10.6 Å². The normalized spacial score (nSPS) is 12.0. The summed E-state index contributed by atoms with van der Waals surface area (Å²) in [5, 5.41) is 2.99. The number of aromatic nitrogens is 1. The van der Waals surface area contributed by atoms with Gasteiger partial charge in [-0.3, -0.25) is 9.59 Å². The number of aryl methyl sites for hydroxylation is 1. The van der Waals surface area contributed by atoms with E-state index < -0.39 is 5.60 Å². The van der Waals surface area contributed by atoms with Crippen LogP contribution in [-0.4, -0.2) is 16.6 Å². The van der Waals surface area contributed by atoms with Crippen molar-refractivity contribution in [2.75, 3.05) is 0 Å². The summed E-state index contributed by atoms with van der Waals surface area (Å²) in [7, 11) is 0. The standard InChI is InChI=1S/C22H20BrNO4S/c1-22(2,3)28-17(25)9-7-14-21-18(19(24-14)16-5-4-10-29-16)20(26)13-11-12(23)6-8-15(13)27-21/h4-6,8,10-11,24H,7,9H2,1-3H3. The number of esters is 1. The van der Waals surface area contributed by atoms with Gasteiger partial charge >= 0.3 is 5.97 Å². The molecule has 1 N–H and O–H groups in total. The molecule has 0 bridgehead atoms. The maximum absolute atomic E-state index is 13.3. The zero-order chi connectivity index (χ0) is 20.8. The van der Waals surface area contributed by atoms with Gasteiger partial charge in [0.05, 0.1) is 33.5 Å². The van der Waals surface area contributed by atoms with Gasteiger partial charge in [0, 0.05) is 10.9 Å². The van der Waals surface area contributed by atoms with Gasteiger partial charge in [-0.25, -0.2) is 0 Å². The van der Waals surface area contributed by atoms with Gasteiger partial charge in [0.2, 0.25) is 5.43 Å². The van der Waals surface area contributed by atoms with Gasteiger partial charge in [-0.05, 0) is 50.4 Å². The summed E-state index contributed by atoms with van der Waals surface area (Å²) in [4.78, 5) is 29.8. The molecule has 3 aromatic heterocycles. The molecule has 0 radical (unpaired) electrons. The van der Waals surface area contributed by atoms with Crippen LogP contribution in [0.1, 0.15) is 32.9 Å². The summed E-state index contributed by atoms with van der Waals surface area (Å²) < 4.78 is 12.3. The summed E-state index contributed by atoms with van der Waals surface area (Å²) >= 11 is 4.96. The molecule has 0 saturated carbocycles. The lowest BCUT2D eigenvalue weighted by Crippen LogP contribution is -2.24. The van der Waals surface area contributed by atoms with Crippen molar-refractivity contribution in [1.29, 1.82) is 0 Å². The van der Waals surface area contributed by atoms with Crippen LogP contribution in [0.4, 0.5) is 0 Å². The number of benzene rings is 1. The first-order valence-electron chi connectivity index (χ1n) is 9.25. The van der Waals surface area contributed by atoms with Gasteiger partial charge in [0.25, 0.3) is 0 Å². The molecule has 0 aliphatic carbocycles. The first-order chi connectivity index (χ1) is 13.7. The zero-order valence-corrected chi connectivity index (χ0v) is 18.7. The van der Waals surface area contributed by atoms with E-state index in [2.05, 4.69) is 20.9 Å². The Morgan fingerprint density at radius 3 is 2.76 bits per heavy atom. The predicted molar refractivity (Wildman–Crippen MR) is 120 cm³/mol. The van der Waals surface area contributed by atoms with Gasteiger partial charge in [-0.1, -0.05) is 22.0 Å². The number of fused-ring (bicyclic) bond motifs is 2. The lowest BCUT2D eigenvalue weighted by molar-refractivity contribution is -0.154. The molecule has 0 saturated heterocycles. The number of thiophene rings is 1. The highest BCUT2D eigenvalue weighted by molar-refractivity contribution is 9.10. The molecule has 0 fully saturated rings. The molecule has 4 rings (SSSR count). The lowest BCUT2D eigenvalue weighted by atomic mass is 10.1. The first-order valence-corrected chi connectivity index (χ1v) is 10.9. The smallest absolute Gasteiger partial charge is 0.306 e. The van der Waals surface area contributed by atoms with Gasteiger partial charge in [0.1, 0.15) is 11.2 Å². The van der Waals surface area contributed by atoms with Gasteiger partial charge < -0.3 is 14.1 Å². The topological polar surface area (TPSA) is 72.3 Å². The van der Waals surface area contributed by atoms with E-state index in [9.17, 15) is 9.59 Å². The van der Waals surface area contributed by atoms with Crippen molar-refractivity contribution in [2.45, 2.75) is 39.2 Å². The Balaban J connectivity index is 1.85. The van der Waals surface area contributed by atoms with Crippen LogP contribution in [0.15, 0.2) is 49.4 Å². The van der Waals surface area contributed by atoms with Gasteiger partial charge in [-0.15, -0.1) is 11.3 Å². The van der Waals surface area contributed by atoms with Crippen LogP contribution in [0.3, 0.4) is 0 Å². The van der Waals surface area contributed by atoms with E-state index in [0.29, 0.717) is 28.4 Å². The molecular formula is C22H20BrNO4S. The average Bonchev–Trinajstić information content (AvgIpc) is 3.27. The molecule has 29 heavy (non-hydrogen) atoms. The third-order valence-corrected chi connectivity index (χ3v) is 5.80. The van der Waals surface area contributed by atoms with Crippen LogP contribution in [0.5, 0.6) is 0 Å². The van der Waals surface area contributed by atoms with Crippen LogP contribution in [0.2, 0.25) is 0 Å². The minimum Gasteiger partial charge on any atom is -0.460 e. The second kappa shape index (κ2) is 7.46. The molecule has 7 heteroatoms. The molecule has 0 amide bonds. The number of nitrogens with one attached hydrogen (secondary N) is 1. The number of hydrogen-bond acceptors (Lipinski definition) is 5. The Morgan fingerprint density at radius 2 is 2.07 bits per heavy atom. The fourth-order valence-corrected chi connectivity index (χ4v) is 4.37. The van der Waals surface area contributed by atoms with Crippen LogP contribution in [0.25, 0.3) is 32.5 Å². The summed E-state index contributed by atoms with van der Waals surface area (Å²) in [5.41, 5.74) is 1.83. The largest absolute Gasteiger partial charge is 0.460 e. The molecule has 0 unspecified atom stereocenters. The fraction of sp³-hybridized carbons (Fsp3) is 0.273. The molecule has 4 aromatic rings. The molecule has 0 aliphatic heterocycles. The number of hydrogen-bond donors (Lipinski definition) is 1. The summed E-state index contributed by atoms with van der Waals surface area (Å²) in [5.74, 6) is -0.287. The average molecular weight is 474 g/mol. The highest BCUT2D eigenvalue weighted by atomic mass is 79.9. The Bertz CT molecular complexity index is 1260. The highest BCUT2D eigenvalue weighted by Crippen LogP contribution is 2.34. The van der Waals surface area contributed by atoms with Crippen molar-refractivity contribution in [3.05, 3.63) is 56.1 Å². The van der Waals surface area contributed by atoms with Crippen LogP contribution >= 0.6 is 27.3 Å². The molecule has 1 aromatic carbocycles. The number of ether oxygens (including phenoxy) is 1. The third kappa shape index (κ3) is 4.02. The molecule has 150 valence electrons. The molecular weight excluding hydrogens is 454 g/mol. The number of halogens is 1.